The van der Waals surface area contributed by atoms with Gasteiger partial charge in [-0.15, -0.1) is 0 Å². The lowest BCUT2D eigenvalue weighted by molar-refractivity contribution is -0.390. The molecule has 0 spiro atoms. The van der Waals surface area contributed by atoms with Gasteiger partial charge < -0.3 is 5.11 Å². The third kappa shape index (κ3) is 2.57. The van der Waals surface area contributed by atoms with Crippen LogP contribution in [-0.2, 0) is 0 Å². The van der Waals surface area contributed by atoms with Gasteiger partial charge in [0.25, 0.3) is 23.2 Å². The third-order valence-corrected chi connectivity index (χ3v) is 4.75. The highest BCUT2D eigenvalue weighted by Gasteiger charge is 2.38. The van der Waals surface area contributed by atoms with Crippen molar-refractivity contribution in [2.75, 3.05) is 4.90 Å². The number of amides is 2. The molecule has 3 aromatic carbocycles. The minimum absolute atomic E-state index is 0.0515. The zero-order valence-electron chi connectivity index (χ0n) is 14.8. The van der Waals surface area contributed by atoms with E-state index in [-0.39, 0.29) is 27.8 Å². The number of carboxylic acids is 1. The molecule has 3 aromatic rings. The van der Waals surface area contributed by atoms with Crippen molar-refractivity contribution in [1.82, 2.24) is 0 Å². The molecule has 0 radical (unpaired) electrons. The second kappa shape index (κ2) is 6.44. The van der Waals surface area contributed by atoms with Crippen molar-refractivity contribution in [3.8, 4) is 0 Å². The molecule has 0 aliphatic carbocycles. The summed E-state index contributed by atoms with van der Waals surface area (Å²) in [7, 11) is 0. The average molecular weight is 407 g/mol. The van der Waals surface area contributed by atoms with Gasteiger partial charge in [0.1, 0.15) is 5.39 Å². The number of hydrogen-bond acceptors (Lipinski definition) is 7. The number of benzene rings is 3. The van der Waals surface area contributed by atoms with E-state index in [1.807, 2.05) is 0 Å². The van der Waals surface area contributed by atoms with E-state index >= 15 is 0 Å². The summed E-state index contributed by atoms with van der Waals surface area (Å²) in [5.41, 5.74) is -1.38. The van der Waals surface area contributed by atoms with Crippen LogP contribution in [0.2, 0.25) is 0 Å². The lowest BCUT2D eigenvalue weighted by Crippen LogP contribution is -2.40. The zero-order valence-corrected chi connectivity index (χ0v) is 14.8. The Balaban J connectivity index is 1.98. The van der Waals surface area contributed by atoms with Crippen LogP contribution in [0.4, 0.5) is 17.1 Å². The summed E-state index contributed by atoms with van der Waals surface area (Å²) in [5, 5.41) is 31.3. The van der Waals surface area contributed by atoms with Crippen LogP contribution in [0.5, 0.6) is 0 Å². The Morgan fingerprint density at radius 2 is 1.23 bits per heavy atom. The summed E-state index contributed by atoms with van der Waals surface area (Å²) in [6.45, 7) is 0. The Labute approximate surface area is 166 Å². The fraction of sp³-hybridized carbons (Fsp3) is 0. The van der Waals surface area contributed by atoms with Gasteiger partial charge in [-0.3, -0.25) is 29.8 Å². The zero-order chi connectivity index (χ0) is 21.7. The van der Waals surface area contributed by atoms with Gasteiger partial charge in [0, 0.05) is 28.6 Å². The molecule has 11 heteroatoms. The molecule has 0 bridgehead atoms. The highest BCUT2D eigenvalue weighted by Crippen LogP contribution is 2.41. The molecule has 1 aliphatic rings. The molecular weight excluding hydrogens is 398 g/mol. The second-order valence-electron chi connectivity index (χ2n) is 6.33. The standard InChI is InChI=1S/C19H9N3O8/c23-17-11-5-7-13(21(27)28)16-14(22(29)30)8-6-12(15(11)16)18(24)20(17)10-3-1-9(2-4-10)19(25)26/h1-8H,(H,25,26). The minimum Gasteiger partial charge on any atom is -0.478 e. The summed E-state index contributed by atoms with van der Waals surface area (Å²) < 4.78 is 0. The predicted molar refractivity (Wildman–Crippen MR) is 102 cm³/mol. The van der Waals surface area contributed by atoms with E-state index in [9.17, 15) is 34.6 Å². The fourth-order valence-corrected chi connectivity index (χ4v) is 3.44. The van der Waals surface area contributed by atoms with Crippen molar-refractivity contribution in [1.29, 1.82) is 0 Å². The van der Waals surface area contributed by atoms with E-state index in [4.69, 9.17) is 5.11 Å². The van der Waals surface area contributed by atoms with E-state index < -0.39 is 44.4 Å². The molecule has 0 saturated heterocycles. The molecule has 1 N–H and O–H groups in total. The number of carbonyl (C=O) groups is 3. The number of carboxylic acid groups (broad SMARTS) is 1. The highest BCUT2D eigenvalue weighted by molar-refractivity contribution is 6.37. The number of aromatic carboxylic acids is 1. The molecule has 148 valence electrons. The number of anilines is 1. The van der Waals surface area contributed by atoms with Crippen molar-refractivity contribution in [2.24, 2.45) is 0 Å². The minimum atomic E-state index is -1.19. The van der Waals surface area contributed by atoms with E-state index in [1.54, 1.807) is 0 Å². The molecule has 11 nitrogen and oxygen atoms in total. The summed E-state index contributed by atoms with van der Waals surface area (Å²) >= 11 is 0. The largest absolute Gasteiger partial charge is 0.478 e. The average Bonchev–Trinajstić information content (AvgIpc) is 2.71. The smallest absolute Gasteiger partial charge is 0.335 e. The number of carbonyl (C=O) groups excluding carboxylic acids is 2. The Morgan fingerprint density at radius 3 is 1.63 bits per heavy atom. The normalized spacial score (nSPS) is 12.9. The van der Waals surface area contributed by atoms with Gasteiger partial charge in [0.2, 0.25) is 0 Å². The number of nitro benzene ring substituents is 2. The molecule has 0 saturated carbocycles. The Hall–Kier alpha value is -4.67. The molecule has 0 aromatic heterocycles. The van der Waals surface area contributed by atoms with Crippen LogP contribution in [0.25, 0.3) is 10.8 Å². The topological polar surface area (TPSA) is 161 Å². The van der Waals surface area contributed by atoms with Gasteiger partial charge in [-0.05, 0) is 36.4 Å². The van der Waals surface area contributed by atoms with E-state index in [0.29, 0.717) is 0 Å². The summed E-state index contributed by atoms with van der Waals surface area (Å²) in [4.78, 5) is 59.1. The summed E-state index contributed by atoms with van der Waals surface area (Å²) in [5.74, 6) is -2.86. The molecular formula is C19H9N3O8. The maximum atomic E-state index is 13.0. The maximum Gasteiger partial charge on any atom is 0.335 e. The lowest BCUT2D eigenvalue weighted by atomic mass is 9.91. The number of rotatable bonds is 4. The van der Waals surface area contributed by atoms with Crippen molar-refractivity contribution < 1.29 is 29.3 Å². The van der Waals surface area contributed by atoms with E-state index in [2.05, 4.69) is 0 Å². The molecule has 1 heterocycles. The van der Waals surface area contributed by atoms with Gasteiger partial charge in [-0.25, -0.2) is 9.69 Å². The van der Waals surface area contributed by atoms with Crippen LogP contribution in [0.1, 0.15) is 31.1 Å². The molecule has 0 unspecified atom stereocenters. The third-order valence-electron chi connectivity index (χ3n) is 4.75. The van der Waals surface area contributed by atoms with Gasteiger partial charge in [0.15, 0.2) is 0 Å². The molecule has 1 aliphatic heterocycles. The number of imide groups is 1. The number of hydrogen-bond donors (Lipinski definition) is 1. The number of nitro groups is 2. The molecule has 4 rings (SSSR count). The van der Waals surface area contributed by atoms with Gasteiger partial charge in [0.05, 0.1) is 21.1 Å². The van der Waals surface area contributed by atoms with E-state index in [1.165, 1.54) is 24.3 Å². The number of nitrogens with zero attached hydrogens (tertiary/aromatic N) is 3. The second-order valence-corrected chi connectivity index (χ2v) is 6.33. The van der Waals surface area contributed by atoms with Crippen LogP contribution < -0.4 is 4.90 Å². The van der Waals surface area contributed by atoms with Crippen LogP contribution >= 0.6 is 0 Å². The Kier molecular flexibility index (Phi) is 4.01. The summed E-state index contributed by atoms with van der Waals surface area (Å²) in [6.07, 6.45) is 0. The van der Waals surface area contributed by atoms with Gasteiger partial charge in [-0.2, -0.15) is 0 Å². The highest BCUT2D eigenvalue weighted by atomic mass is 16.6. The Morgan fingerprint density at radius 1 is 0.767 bits per heavy atom. The van der Waals surface area contributed by atoms with Crippen LogP contribution in [-0.4, -0.2) is 32.7 Å². The van der Waals surface area contributed by atoms with Crippen LogP contribution in [0.3, 0.4) is 0 Å². The van der Waals surface area contributed by atoms with Crippen molar-refractivity contribution in [2.45, 2.75) is 0 Å². The first kappa shape index (κ1) is 18.7. The monoisotopic (exact) mass is 407 g/mol. The quantitative estimate of drug-likeness (QED) is 0.392. The van der Waals surface area contributed by atoms with Gasteiger partial charge >= 0.3 is 5.97 Å². The van der Waals surface area contributed by atoms with Crippen LogP contribution in [0, 0.1) is 20.2 Å². The predicted octanol–water partition coefficient (Wildman–Crippen LogP) is 3.16. The van der Waals surface area contributed by atoms with Crippen molar-refractivity contribution in [3.05, 3.63) is 85.4 Å². The first-order valence-electron chi connectivity index (χ1n) is 8.33. The Bertz CT molecular complexity index is 1240. The SMILES string of the molecule is O=C(O)c1ccc(N2C(=O)c3ccc([N+](=O)[O-])c4c([N+](=O)[O-])ccc(c34)C2=O)cc1. The molecule has 0 fully saturated rings. The molecule has 0 atom stereocenters. The fourth-order valence-electron chi connectivity index (χ4n) is 3.44. The number of non-ortho nitro benzene ring substituents is 2. The van der Waals surface area contributed by atoms with Gasteiger partial charge in [-0.1, -0.05) is 0 Å². The maximum absolute atomic E-state index is 13.0. The molecule has 30 heavy (non-hydrogen) atoms. The first-order chi connectivity index (χ1) is 14.2. The van der Waals surface area contributed by atoms with E-state index in [0.717, 1.165) is 29.2 Å². The lowest BCUT2D eigenvalue weighted by Gasteiger charge is -2.27. The van der Waals surface area contributed by atoms with Crippen molar-refractivity contribution in [3.63, 3.8) is 0 Å². The van der Waals surface area contributed by atoms with Crippen molar-refractivity contribution >= 4 is 45.6 Å². The van der Waals surface area contributed by atoms with Crippen LogP contribution in [0.15, 0.2) is 48.5 Å². The molecule has 2 amide bonds. The first-order valence-corrected chi connectivity index (χ1v) is 8.33. The summed E-state index contributed by atoms with van der Waals surface area (Å²) in [6, 6.07) is 9.23.